The van der Waals surface area contributed by atoms with E-state index in [2.05, 4.69) is 10.6 Å². The third kappa shape index (κ3) is 5.06. The van der Waals surface area contributed by atoms with E-state index in [1.807, 2.05) is 49.4 Å². The summed E-state index contributed by atoms with van der Waals surface area (Å²) in [6.45, 7) is 2.10. The second-order valence-electron chi connectivity index (χ2n) is 6.59. The Morgan fingerprint density at radius 1 is 1.07 bits per heavy atom. The van der Waals surface area contributed by atoms with Crippen molar-refractivity contribution in [2.45, 2.75) is 19.4 Å². The highest BCUT2D eigenvalue weighted by atomic mass is 32.1. The molecule has 0 amide bonds. The first-order valence-corrected chi connectivity index (χ1v) is 9.65. The van der Waals surface area contributed by atoms with Crippen LogP contribution in [-0.4, -0.2) is 31.9 Å². The average Bonchev–Trinajstić information content (AvgIpc) is 2.73. The molecule has 6 nitrogen and oxygen atoms in total. The molecule has 7 heteroatoms. The summed E-state index contributed by atoms with van der Waals surface area (Å²) in [5.74, 6) is 0.854. The maximum Gasteiger partial charge on any atom is 0.338 e. The molecule has 2 aromatic rings. The topological polar surface area (TPSA) is 68.8 Å². The minimum absolute atomic E-state index is 0.290. The van der Waals surface area contributed by atoms with Crippen LogP contribution in [0.15, 0.2) is 59.8 Å². The van der Waals surface area contributed by atoms with E-state index >= 15 is 0 Å². The monoisotopic (exact) mass is 412 g/mol. The first-order chi connectivity index (χ1) is 14.0. The third-order valence-electron chi connectivity index (χ3n) is 4.66. The van der Waals surface area contributed by atoms with Gasteiger partial charge in [0.25, 0.3) is 0 Å². The molecule has 0 unspecified atom stereocenters. The number of methoxy groups -OCH3 is 2. The zero-order chi connectivity index (χ0) is 20.8. The molecule has 1 aliphatic heterocycles. The maximum absolute atomic E-state index is 12.9. The van der Waals surface area contributed by atoms with Crippen LogP contribution in [0.4, 0.5) is 0 Å². The molecule has 0 bridgehead atoms. The molecule has 0 radical (unpaired) electrons. The molecule has 1 heterocycles. The first-order valence-electron chi connectivity index (χ1n) is 9.24. The number of nitrogens with one attached hydrogen (secondary N) is 2. The molecule has 152 valence electrons. The van der Waals surface area contributed by atoms with Crippen molar-refractivity contribution in [1.29, 1.82) is 0 Å². The second kappa shape index (κ2) is 9.43. The number of rotatable bonds is 7. The van der Waals surface area contributed by atoms with E-state index in [-0.39, 0.29) is 6.61 Å². The van der Waals surface area contributed by atoms with Gasteiger partial charge >= 0.3 is 5.97 Å². The van der Waals surface area contributed by atoms with Crippen molar-refractivity contribution in [2.75, 3.05) is 20.8 Å². The number of benzene rings is 2. The fourth-order valence-corrected chi connectivity index (χ4v) is 3.47. The average molecular weight is 413 g/mol. The summed E-state index contributed by atoms with van der Waals surface area (Å²) in [5, 5.41) is 6.61. The van der Waals surface area contributed by atoms with Crippen LogP contribution in [0.3, 0.4) is 0 Å². The van der Waals surface area contributed by atoms with Gasteiger partial charge in [0.1, 0.15) is 11.5 Å². The lowest BCUT2D eigenvalue weighted by Gasteiger charge is -2.30. The van der Waals surface area contributed by atoms with Gasteiger partial charge in [-0.3, -0.25) is 0 Å². The molecule has 1 aliphatic rings. The van der Waals surface area contributed by atoms with Gasteiger partial charge in [-0.15, -0.1) is 0 Å². The highest BCUT2D eigenvalue weighted by Gasteiger charge is 2.31. The molecule has 0 saturated heterocycles. The molecule has 0 aromatic heterocycles. The molecular formula is C22H24N2O4S. The van der Waals surface area contributed by atoms with Crippen LogP contribution in [-0.2, 0) is 16.0 Å². The van der Waals surface area contributed by atoms with Crippen LogP contribution in [0.2, 0.25) is 0 Å². The summed E-state index contributed by atoms with van der Waals surface area (Å²) in [6.07, 6.45) is 0.649. The van der Waals surface area contributed by atoms with E-state index in [4.69, 9.17) is 26.4 Å². The number of carbonyl (C=O) groups excluding carboxylic acids is 1. The lowest BCUT2D eigenvalue weighted by atomic mass is 9.95. The molecule has 0 saturated carbocycles. The van der Waals surface area contributed by atoms with Gasteiger partial charge in [-0.2, -0.15) is 0 Å². The predicted octanol–water partition coefficient (Wildman–Crippen LogP) is 3.28. The molecule has 0 aliphatic carbocycles. The molecule has 3 rings (SSSR count). The number of thiocarbonyl (C=S) groups is 1. The van der Waals surface area contributed by atoms with Crippen LogP contribution in [0, 0.1) is 0 Å². The van der Waals surface area contributed by atoms with E-state index in [1.54, 1.807) is 20.3 Å². The number of hydrogen-bond acceptors (Lipinski definition) is 5. The molecule has 29 heavy (non-hydrogen) atoms. The van der Waals surface area contributed by atoms with Gasteiger partial charge in [0.2, 0.25) is 0 Å². The summed E-state index contributed by atoms with van der Waals surface area (Å²) in [5.41, 5.74) is 3.03. The lowest BCUT2D eigenvalue weighted by Crippen LogP contribution is -2.45. The number of esters is 1. The van der Waals surface area contributed by atoms with Crippen molar-refractivity contribution in [2.24, 2.45) is 0 Å². The Kier molecular flexibility index (Phi) is 6.72. The molecule has 0 spiro atoms. The van der Waals surface area contributed by atoms with E-state index < -0.39 is 12.0 Å². The number of carbonyl (C=O) groups is 1. The Bertz CT molecular complexity index is 905. The standard InChI is InChI=1S/C22H24N2O4S/c1-14-19(21(25)28-10-9-15-7-5-4-6-8-15)20(24-22(29)23-14)16-11-17(26-2)13-18(12-16)27-3/h4-8,11-13,20H,9-10H2,1-3H3,(H2,23,24,29)/t20-/m0/s1. The van der Waals surface area contributed by atoms with Crippen molar-refractivity contribution in [3.05, 3.63) is 70.9 Å². The fourth-order valence-electron chi connectivity index (χ4n) is 3.19. The van der Waals surface area contributed by atoms with E-state index in [1.165, 1.54) is 0 Å². The Morgan fingerprint density at radius 3 is 2.34 bits per heavy atom. The predicted molar refractivity (Wildman–Crippen MR) is 115 cm³/mol. The normalized spacial score (nSPS) is 16.0. The smallest absolute Gasteiger partial charge is 0.338 e. The fraction of sp³-hybridized carbons (Fsp3) is 0.273. The first kappa shape index (κ1) is 20.7. The van der Waals surface area contributed by atoms with Gasteiger partial charge in [0.15, 0.2) is 5.11 Å². The van der Waals surface area contributed by atoms with Gasteiger partial charge in [0, 0.05) is 18.2 Å². The minimum atomic E-state index is -0.475. The van der Waals surface area contributed by atoms with Gasteiger partial charge in [-0.25, -0.2) is 4.79 Å². The summed E-state index contributed by atoms with van der Waals surface area (Å²) in [6, 6.07) is 14.9. The molecule has 2 aromatic carbocycles. The maximum atomic E-state index is 12.9. The van der Waals surface area contributed by atoms with Crippen molar-refractivity contribution in [1.82, 2.24) is 10.6 Å². The third-order valence-corrected chi connectivity index (χ3v) is 4.88. The Balaban J connectivity index is 1.83. The minimum Gasteiger partial charge on any atom is -0.497 e. The van der Waals surface area contributed by atoms with Crippen LogP contribution >= 0.6 is 12.2 Å². The van der Waals surface area contributed by atoms with Crippen molar-refractivity contribution >= 4 is 23.3 Å². The van der Waals surface area contributed by atoms with E-state index in [0.29, 0.717) is 34.3 Å². The highest BCUT2D eigenvalue weighted by Crippen LogP contribution is 2.33. The van der Waals surface area contributed by atoms with Gasteiger partial charge < -0.3 is 24.8 Å². The SMILES string of the molecule is COc1cc(OC)cc([C@@H]2NC(=S)NC(C)=C2C(=O)OCCc2ccccc2)c1. The van der Waals surface area contributed by atoms with Crippen LogP contribution in [0.25, 0.3) is 0 Å². The Morgan fingerprint density at radius 2 is 1.72 bits per heavy atom. The van der Waals surface area contributed by atoms with Crippen LogP contribution in [0.1, 0.15) is 24.1 Å². The van der Waals surface area contributed by atoms with Crippen molar-refractivity contribution in [3.63, 3.8) is 0 Å². The summed E-state index contributed by atoms with van der Waals surface area (Å²) < 4.78 is 16.3. The molecule has 2 N–H and O–H groups in total. The van der Waals surface area contributed by atoms with Gasteiger partial charge in [-0.1, -0.05) is 30.3 Å². The van der Waals surface area contributed by atoms with Gasteiger partial charge in [-0.05, 0) is 42.4 Å². The van der Waals surface area contributed by atoms with Crippen LogP contribution < -0.4 is 20.1 Å². The van der Waals surface area contributed by atoms with E-state index in [0.717, 1.165) is 11.1 Å². The summed E-state index contributed by atoms with van der Waals surface area (Å²) >= 11 is 5.30. The van der Waals surface area contributed by atoms with Crippen molar-refractivity contribution in [3.8, 4) is 11.5 Å². The highest BCUT2D eigenvalue weighted by molar-refractivity contribution is 7.80. The molecule has 0 fully saturated rings. The number of allylic oxidation sites excluding steroid dienone is 1. The lowest BCUT2D eigenvalue weighted by molar-refractivity contribution is -0.139. The van der Waals surface area contributed by atoms with Gasteiger partial charge in [0.05, 0.1) is 32.4 Å². The Labute approximate surface area is 175 Å². The van der Waals surface area contributed by atoms with Crippen molar-refractivity contribution < 1.29 is 19.0 Å². The summed E-state index contributed by atoms with van der Waals surface area (Å²) in [4.78, 5) is 12.9. The number of ether oxygens (including phenoxy) is 3. The molecule has 1 atom stereocenters. The Hall–Kier alpha value is -3.06. The quantitative estimate of drug-likeness (QED) is 0.534. The zero-order valence-corrected chi connectivity index (χ0v) is 17.5. The largest absolute Gasteiger partial charge is 0.497 e. The molecular weight excluding hydrogens is 388 g/mol. The second-order valence-corrected chi connectivity index (χ2v) is 7.00. The van der Waals surface area contributed by atoms with E-state index in [9.17, 15) is 4.79 Å². The summed E-state index contributed by atoms with van der Waals surface area (Å²) in [7, 11) is 3.16. The van der Waals surface area contributed by atoms with Crippen LogP contribution in [0.5, 0.6) is 11.5 Å². The number of hydrogen-bond donors (Lipinski definition) is 2. The zero-order valence-electron chi connectivity index (χ0n) is 16.7.